The SMILES string of the molecule is CSC(C)(O)C1CCCCC1O. The average Bonchev–Trinajstić information content (AvgIpc) is 2.05. The Morgan fingerprint density at radius 2 is 1.92 bits per heavy atom. The number of thioether (sulfide) groups is 1. The van der Waals surface area contributed by atoms with E-state index in [9.17, 15) is 10.2 Å². The Kier molecular flexibility index (Phi) is 3.44. The van der Waals surface area contributed by atoms with Gasteiger partial charge in [0.2, 0.25) is 0 Å². The van der Waals surface area contributed by atoms with Gasteiger partial charge in [0.25, 0.3) is 0 Å². The first-order valence-corrected chi connectivity index (χ1v) is 5.76. The van der Waals surface area contributed by atoms with E-state index >= 15 is 0 Å². The molecule has 12 heavy (non-hydrogen) atoms. The topological polar surface area (TPSA) is 40.5 Å². The second-order valence-corrected chi connectivity index (χ2v) is 4.95. The second-order valence-electron chi connectivity index (χ2n) is 3.72. The van der Waals surface area contributed by atoms with E-state index in [4.69, 9.17) is 0 Å². The predicted molar refractivity (Wildman–Crippen MR) is 52.1 cm³/mol. The van der Waals surface area contributed by atoms with Crippen LogP contribution >= 0.6 is 11.8 Å². The molecule has 0 saturated heterocycles. The molecule has 1 saturated carbocycles. The van der Waals surface area contributed by atoms with Crippen molar-refractivity contribution < 1.29 is 10.2 Å². The van der Waals surface area contributed by atoms with E-state index in [0.717, 1.165) is 25.7 Å². The molecular formula is C9H18O2S. The molecule has 3 atom stereocenters. The van der Waals surface area contributed by atoms with Gasteiger partial charge in [0.15, 0.2) is 0 Å². The highest BCUT2D eigenvalue weighted by atomic mass is 32.2. The van der Waals surface area contributed by atoms with E-state index in [2.05, 4.69) is 0 Å². The maximum absolute atomic E-state index is 9.92. The first-order valence-electron chi connectivity index (χ1n) is 4.53. The standard InChI is InChI=1S/C9H18O2S/c1-9(11,12-2)7-5-3-4-6-8(7)10/h7-8,10-11H,3-6H2,1-2H3. The Morgan fingerprint density at radius 1 is 1.33 bits per heavy atom. The summed E-state index contributed by atoms with van der Waals surface area (Å²) in [7, 11) is 0. The smallest absolute Gasteiger partial charge is 0.112 e. The van der Waals surface area contributed by atoms with Crippen molar-refractivity contribution in [3.05, 3.63) is 0 Å². The molecule has 1 fully saturated rings. The molecule has 0 bridgehead atoms. The number of rotatable bonds is 2. The van der Waals surface area contributed by atoms with Crippen molar-refractivity contribution in [2.75, 3.05) is 6.26 Å². The lowest BCUT2D eigenvalue weighted by Gasteiger charge is -2.37. The van der Waals surface area contributed by atoms with Crippen LogP contribution in [0.15, 0.2) is 0 Å². The first kappa shape index (κ1) is 10.4. The minimum absolute atomic E-state index is 0.0567. The van der Waals surface area contributed by atoms with Gasteiger partial charge in [0.05, 0.1) is 6.10 Å². The number of hydrogen-bond acceptors (Lipinski definition) is 3. The van der Waals surface area contributed by atoms with E-state index in [1.807, 2.05) is 6.26 Å². The normalized spacial score (nSPS) is 36.0. The minimum Gasteiger partial charge on any atom is -0.393 e. The molecule has 2 N–H and O–H groups in total. The van der Waals surface area contributed by atoms with E-state index in [1.165, 1.54) is 11.8 Å². The van der Waals surface area contributed by atoms with Gasteiger partial charge in [-0.15, -0.1) is 11.8 Å². The minimum atomic E-state index is -0.750. The van der Waals surface area contributed by atoms with Crippen LogP contribution in [0.5, 0.6) is 0 Å². The van der Waals surface area contributed by atoms with Crippen molar-refractivity contribution in [2.24, 2.45) is 5.92 Å². The maximum Gasteiger partial charge on any atom is 0.112 e. The molecule has 72 valence electrons. The third kappa shape index (κ3) is 2.15. The molecule has 3 unspecified atom stereocenters. The molecule has 2 nitrogen and oxygen atoms in total. The number of aliphatic hydroxyl groups is 2. The molecule has 3 heteroatoms. The molecule has 1 aliphatic carbocycles. The van der Waals surface area contributed by atoms with Gasteiger partial charge in [-0.25, -0.2) is 0 Å². The number of aliphatic hydroxyl groups excluding tert-OH is 1. The molecule has 0 aliphatic heterocycles. The summed E-state index contributed by atoms with van der Waals surface area (Å²) in [5, 5.41) is 19.6. The fourth-order valence-corrected chi connectivity index (χ4v) is 2.47. The van der Waals surface area contributed by atoms with Crippen LogP contribution in [0, 0.1) is 5.92 Å². The Hall–Kier alpha value is 0.270. The molecule has 0 aromatic carbocycles. The van der Waals surface area contributed by atoms with Gasteiger partial charge in [0, 0.05) is 5.92 Å². The summed E-state index contributed by atoms with van der Waals surface area (Å²) >= 11 is 1.43. The van der Waals surface area contributed by atoms with Gasteiger partial charge in [-0.2, -0.15) is 0 Å². The van der Waals surface area contributed by atoms with E-state index < -0.39 is 4.93 Å². The van der Waals surface area contributed by atoms with Crippen LogP contribution in [0.1, 0.15) is 32.6 Å². The predicted octanol–water partition coefficient (Wildman–Crippen LogP) is 1.61. The van der Waals surface area contributed by atoms with Crippen molar-refractivity contribution in [3.63, 3.8) is 0 Å². The van der Waals surface area contributed by atoms with Gasteiger partial charge < -0.3 is 10.2 Å². The third-order valence-electron chi connectivity index (χ3n) is 2.83. The van der Waals surface area contributed by atoms with E-state index in [1.54, 1.807) is 6.92 Å². The summed E-state index contributed by atoms with van der Waals surface area (Å²) in [6.07, 6.45) is 5.62. The van der Waals surface area contributed by atoms with Gasteiger partial charge in [-0.1, -0.05) is 12.8 Å². The molecule has 1 aliphatic rings. The summed E-state index contributed by atoms with van der Waals surface area (Å²) < 4.78 is 0. The molecule has 0 heterocycles. The van der Waals surface area contributed by atoms with Crippen molar-refractivity contribution in [3.8, 4) is 0 Å². The molecule has 0 radical (unpaired) electrons. The van der Waals surface area contributed by atoms with Crippen LogP contribution < -0.4 is 0 Å². The molecule has 0 spiro atoms. The second kappa shape index (κ2) is 3.99. The molecule has 1 rings (SSSR count). The van der Waals surface area contributed by atoms with Gasteiger partial charge in [-0.05, 0) is 26.0 Å². The highest BCUT2D eigenvalue weighted by molar-refractivity contribution is 7.99. The lowest BCUT2D eigenvalue weighted by Crippen LogP contribution is -2.40. The van der Waals surface area contributed by atoms with E-state index in [0.29, 0.717) is 0 Å². The van der Waals surface area contributed by atoms with Gasteiger partial charge in [0.1, 0.15) is 4.93 Å². The van der Waals surface area contributed by atoms with Gasteiger partial charge >= 0.3 is 0 Å². The molecule has 0 aromatic heterocycles. The fraction of sp³-hybridized carbons (Fsp3) is 1.00. The Balaban J connectivity index is 2.58. The monoisotopic (exact) mass is 190 g/mol. The van der Waals surface area contributed by atoms with Crippen molar-refractivity contribution in [1.29, 1.82) is 0 Å². The summed E-state index contributed by atoms with van der Waals surface area (Å²) in [6.45, 7) is 1.80. The van der Waals surface area contributed by atoms with E-state index in [-0.39, 0.29) is 12.0 Å². The molecular weight excluding hydrogens is 172 g/mol. The maximum atomic E-state index is 9.92. The summed E-state index contributed by atoms with van der Waals surface area (Å²) in [6, 6.07) is 0. The summed E-state index contributed by atoms with van der Waals surface area (Å²) in [5.41, 5.74) is 0. The van der Waals surface area contributed by atoms with Crippen LogP contribution in [0.4, 0.5) is 0 Å². The van der Waals surface area contributed by atoms with Gasteiger partial charge in [-0.3, -0.25) is 0 Å². The molecule has 0 amide bonds. The zero-order valence-corrected chi connectivity index (χ0v) is 8.60. The summed E-state index contributed by atoms with van der Waals surface area (Å²) in [4.78, 5) is -0.750. The van der Waals surface area contributed by atoms with Crippen LogP contribution in [-0.4, -0.2) is 27.5 Å². The Bertz CT molecular complexity index is 147. The van der Waals surface area contributed by atoms with Crippen LogP contribution in [0.25, 0.3) is 0 Å². The third-order valence-corrected chi connectivity index (χ3v) is 3.96. The first-order chi connectivity index (χ1) is 5.58. The lowest BCUT2D eigenvalue weighted by atomic mass is 9.83. The van der Waals surface area contributed by atoms with Crippen molar-refractivity contribution in [2.45, 2.75) is 43.6 Å². The van der Waals surface area contributed by atoms with Crippen molar-refractivity contribution in [1.82, 2.24) is 0 Å². The largest absolute Gasteiger partial charge is 0.393 e. The Morgan fingerprint density at radius 3 is 2.42 bits per heavy atom. The number of hydrogen-bond donors (Lipinski definition) is 2. The summed E-state index contributed by atoms with van der Waals surface area (Å²) in [5.74, 6) is 0.0567. The van der Waals surface area contributed by atoms with Crippen molar-refractivity contribution >= 4 is 11.8 Å². The van der Waals surface area contributed by atoms with Crippen LogP contribution in [0.2, 0.25) is 0 Å². The molecule has 0 aromatic rings. The fourth-order valence-electron chi connectivity index (χ4n) is 1.89. The lowest BCUT2D eigenvalue weighted by molar-refractivity contribution is -0.0221. The highest BCUT2D eigenvalue weighted by Gasteiger charge is 2.37. The average molecular weight is 190 g/mol. The zero-order chi connectivity index (χ0) is 9.19. The van der Waals surface area contributed by atoms with Crippen LogP contribution in [0.3, 0.4) is 0 Å². The highest BCUT2D eigenvalue weighted by Crippen LogP contribution is 2.38. The van der Waals surface area contributed by atoms with Crippen LogP contribution in [-0.2, 0) is 0 Å². The quantitative estimate of drug-likeness (QED) is 0.650. The zero-order valence-electron chi connectivity index (χ0n) is 7.79. The Labute approximate surface area is 78.4 Å².